The normalized spacial score (nSPS) is 11.5. The van der Waals surface area contributed by atoms with Gasteiger partial charge in [-0.05, 0) is 31.0 Å². The van der Waals surface area contributed by atoms with Crippen molar-refractivity contribution in [3.8, 4) is 11.5 Å². The van der Waals surface area contributed by atoms with Crippen molar-refractivity contribution in [2.24, 2.45) is 4.99 Å². The van der Waals surface area contributed by atoms with Gasteiger partial charge in [-0.3, -0.25) is 19.7 Å². The molecule has 32 heavy (non-hydrogen) atoms. The second kappa shape index (κ2) is 9.18. The maximum Gasteiger partial charge on any atom is 0.325 e. The van der Waals surface area contributed by atoms with E-state index in [-0.39, 0.29) is 28.4 Å². The standard InChI is InChI=1S/C21H21N3O7S/c1-11-6-12(2)19-15(7-11)23(10-18(25)31-5)21(32-19)22-20(26)13-8-16(29-3)17(30-4)9-14(13)24(27)28/h6-9H,10H2,1-5H3. The van der Waals surface area contributed by atoms with E-state index in [1.807, 2.05) is 26.0 Å². The number of benzene rings is 2. The number of nitro groups is 1. The summed E-state index contributed by atoms with van der Waals surface area (Å²) in [5.74, 6) is -1.10. The van der Waals surface area contributed by atoms with Gasteiger partial charge in [0.1, 0.15) is 12.1 Å². The van der Waals surface area contributed by atoms with E-state index >= 15 is 0 Å². The largest absolute Gasteiger partial charge is 0.493 e. The lowest BCUT2D eigenvalue weighted by Gasteiger charge is -2.09. The number of carbonyl (C=O) groups is 2. The molecule has 0 fully saturated rings. The number of methoxy groups -OCH3 is 3. The maximum atomic E-state index is 13.1. The van der Waals surface area contributed by atoms with Crippen LogP contribution in [0.5, 0.6) is 11.5 Å². The Morgan fingerprint density at radius 2 is 1.75 bits per heavy atom. The number of nitrogens with zero attached hydrogens (tertiary/aromatic N) is 3. The van der Waals surface area contributed by atoms with Gasteiger partial charge >= 0.3 is 5.97 Å². The number of nitro benzene ring substituents is 1. The summed E-state index contributed by atoms with van der Waals surface area (Å²) >= 11 is 1.21. The number of rotatable bonds is 6. The number of esters is 1. The minimum atomic E-state index is -0.850. The van der Waals surface area contributed by atoms with Crippen LogP contribution >= 0.6 is 11.3 Å². The molecule has 0 saturated carbocycles. The SMILES string of the molecule is COC(=O)Cn1c(=NC(=O)c2cc(OC)c(OC)cc2[N+](=O)[O-])sc2c(C)cc(C)cc21. The number of hydrogen-bond acceptors (Lipinski definition) is 8. The fraction of sp³-hybridized carbons (Fsp3) is 0.286. The zero-order chi connectivity index (χ0) is 23.6. The van der Waals surface area contributed by atoms with Gasteiger partial charge in [0.15, 0.2) is 16.3 Å². The van der Waals surface area contributed by atoms with Gasteiger partial charge in [0, 0.05) is 6.07 Å². The van der Waals surface area contributed by atoms with Crippen LogP contribution in [0.15, 0.2) is 29.3 Å². The van der Waals surface area contributed by atoms with Crippen molar-refractivity contribution in [2.45, 2.75) is 20.4 Å². The van der Waals surface area contributed by atoms with Crippen LogP contribution in [0.25, 0.3) is 10.2 Å². The number of thiazole rings is 1. The number of amides is 1. The van der Waals surface area contributed by atoms with E-state index < -0.39 is 22.5 Å². The Balaban J connectivity index is 2.26. The number of carbonyl (C=O) groups excluding carboxylic acids is 2. The molecule has 0 unspecified atom stereocenters. The van der Waals surface area contributed by atoms with Gasteiger partial charge in [-0.1, -0.05) is 17.4 Å². The van der Waals surface area contributed by atoms with Crippen molar-refractivity contribution in [2.75, 3.05) is 21.3 Å². The first-order valence-corrected chi connectivity index (χ1v) is 10.2. The smallest absolute Gasteiger partial charge is 0.325 e. The Morgan fingerprint density at radius 1 is 1.09 bits per heavy atom. The van der Waals surface area contributed by atoms with E-state index in [1.165, 1.54) is 38.7 Å². The lowest BCUT2D eigenvalue weighted by molar-refractivity contribution is -0.385. The number of hydrogen-bond donors (Lipinski definition) is 0. The summed E-state index contributed by atoms with van der Waals surface area (Å²) in [6.07, 6.45) is 0. The van der Waals surface area contributed by atoms with E-state index in [0.717, 1.165) is 21.9 Å². The number of aromatic nitrogens is 1. The molecule has 0 atom stereocenters. The summed E-state index contributed by atoms with van der Waals surface area (Å²) in [6, 6.07) is 6.19. The van der Waals surface area contributed by atoms with Gasteiger partial charge in [0.05, 0.1) is 42.5 Å². The molecule has 0 spiro atoms. The Morgan fingerprint density at radius 3 is 2.34 bits per heavy atom. The van der Waals surface area contributed by atoms with E-state index in [1.54, 1.807) is 4.57 Å². The topological polar surface area (TPSA) is 122 Å². The first kappa shape index (κ1) is 22.9. The lowest BCUT2D eigenvalue weighted by Crippen LogP contribution is -2.22. The van der Waals surface area contributed by atoms with E-state index in [9.17, 15) is 19.7 Å². The quantitative estimate of drug-likeness (QED) is 0.315. The highest BCUT2D eigenvalue weighted by atomic mass is 32.1. The summed E-state index contributed by atoms with van der Waals surface area (Å²) in [6.45, 7) is 3.67. The first-order chi connectivity index (χ1) is 15.2. The highest BCUT2D eigenvalue weighted by molar-refractivity contribution is 7.16. The first-order valence-electron chi connectivity index (χ1n) is 9.37. The van der Waals surface area contributed by atoms with E-state index in [2.05, 4.69) is 4.99 Å². The van der Waals surface area contributed by atoms with Crippen LogP contribution in [0.2, 0.25) is 0 Å². The third-order valence-corrected chi connectivity index (χ3v) is 5.98. The van der Waals surface area contributed by atoms with Crippen molar-refractivity contribution in [3.63, 3.8) is 0 Å². The molecule has 1 heterocycles. The molecular formula is C21H21N3O7S. The average molecular weight is 459 g/mol. The minimum absolute atomic E-state index is 0.115. The van der Waals surface area contributed by atoms with Gasteiger partial charge in [-0.25, -0.2) is 0 Å². The number of aryl methyl sites for hydroxylation is 2. The third-order valence-electron chi connectivity index (χ3n) is 4.76. The highest BCUT2D eigenvalue weighted by Gasteiger charge is 2.25. The second-order valence-corrected chi connectivity index (χ2v) is 7.85. The summed E-state index contributed by atoms with van der Waals surface area (Å²) in [5, 5.41) is 11.6. The van der Waals surface area contributed by atoms with Crippen molar-refractivity contribution < 1.29 is 28.7 Å². The average Bonchev–Trinajstić information content (AvgIpc) is 3.09. The van der Waals surface area contributed by atoms with Crippen LogP contribution in [0, 0.1) is 24.0 Å². The van der Waals surface area contributed by atoms with Crippen molar-refractivity contribution in [1.82, 2.24) is 4.57 Å². The second-order valence-electron chi connectivity index (χ2n) is 6.88. The summed E-state index contributed by atoms with van der Waals surface area (Å²) < 4.78 is 17.5. The molecular weight excluding hydrogens is 438 g/mol. The zero-order valence-corrected chi connectivity index (χ0v) is 18.9. The number of fused-ring (bicyclic) bond motifs is 1. The van der Waals surface area contributed by atoms with Gasteiger partial charge in [-0.15, -0.1) is 0 Å². The van der Waals surface area contributed by atoms with Crippen LogP contribution in [0.4, 0.5) is 5.69 Å². The fourth-order valence-corrected chi connectivity index (χ4v) is 4.36. The van der Waals surface area contributed by atoms with E-state index in [4.69, 9.17) is 14.2 Å². The molecule has 3 aromatic rings. The van der Waals surface area contributed by atoms with Crippen molar-refractivity contribution >= 4 is 39.1 Å². The molecule has 11 heteroatoms. The molecule has 0 saturated heterocycles. The van der Waals surface area contributed by atoms with Gasteiger partial charge in [0.25, 0.3) is 11.6 Å². The van der Waals surface area contributed by atoms with Crippen LogP contribution in [0.3, 0.4) is 0 Å². The van der Waals surface area contributed by atoms with Crippen LogP contribution in [-0.4, -0.2) is 42.7 Å². The fourth-order valence-electron chi connectivity index (χ4n) is 3.28. The summed E-state index contributed by atoms with van der Waals surface area (Å²) in [4.78, 5) is 40.3. The van der Waals surface area contributed by atoms with Crippen molar-refractivity contribution in [3.05, 3.63) is 55.9 Å². The van der Waals surface area contributed by atoms with Crippen molar-refractivity contribution in [1.29, 1.82) is 0 Å². The summed E-state index contributed by atoms with van der Waals surface area (Å²) in [5.41, 5.74) is 1.91. The Hall–Kier alpha value is -3.73. The monoisotopic (exact) mass is 459 g/mol. The third kappa shape index (κ3) is 4.33. The van der Waals surface area contributed by atoms with Crippen LogP contribution in [-0.2, 0) is 16.1 Å². The predicted molar refractivity (Wildman–Crippen MR) is 117 cm³/mol. The highest BCUT2D eigenvalue weighted by Crippen LogP contribution is 2.35. The van der Waals surface area contributed by atoms with Gasteiger partial charge in [0.2, 0.25) is 0 Å². The predicted octanol–water partition coefficient (Wildman–Crippen LogP) is 3.16. The molecule has 168 valence electrons. The lowest BCUT2D eigenvalue weighted by atomic mass is 10.1. The molecule has 0 aliphatic rings. The molecule has 3 rings (SSSR count). The molecule has 10 nitrogen and oxygen atoms in total. The molecule has 2 aromatic carbocycles. The minimum Gasteiger partial charge on any atom is -0.493 e. The molecule has 0 aliphatic heterocycles. The zero-order valence-electron chi connectivity index (χ0n) is 18.1. The summed E-state index contributed by atoms with van der Waals surface area (Å²) in [7, 11) is 3.96. The Bertz CT molecular complexity index is 1310. The molecule has 0 aliphatic carbocycles. The van der Waals surface area contributed by atoms with E-state index in [0.29, 0.717) is 5.52 Å². The molecule has 0 bridgehead atoms. The van der Waals surface area contributed by atoms with Gasteiger partial charge in [-0.2, -0.15) is 4.99 Å². The molecule has 1 amide bonds. The number of ether oxygens (including phenoxy) is 3. The molecule has 1 aromatic heterocycles. The molecule has 0 radical (unpaired) electrons. The van der Waals surface area contributed by atoms with Crippen LogP contribution < -0.4 is 14.3 Å². The molecule has 0 N–H and O–H groups in total. The van der Waals surface area contributed by atoms with Gasteiger partial charge < -0.3 is 18.8 Å². The maximum absolute atomic E-state index is 13.1. The van der Waals surface area contributed by atoms with Crippen LogP contribution in [0.1, 0.15) is 21.5 Å². The Labute approximate surface area is 186 Å². The Kier molecular flexibility index (Phi) is 6.58.